The first-order chi connectivity index (χ1) is 19.6. The maximum atomic E-state index is 12.8. The number of carbonyl (C=O) groups is 1. The summed E-state index contributed by atoms with van der Waals surface area (Å²) in [7, 11) is -4.26. The molecule has 1 amide bonds. The SMILES string of the molecule is CC[C@H]1CC2C3CC[C@H]([C@H](C)CCC(=O)NS(=O)(=O)c4ccc(C(F)(F)F)cc4)[C@@]3(C)C[C@H](O)C2[C@@]2(C)CCCC[C@@H]12. The van der Waals surface area contributed by atoms with Gasteiger partial charge in [-0.3, -0.25) is 4.79 Å². The lowest BCUT2D eigenvalue weighted by Crippen LogP contribution is -2.60. The van der Waals surface area contributed by atoms with Crippen molar-refractivity contribution in [1.29, 1.82) is 0 Å². The molecule has 10 atom stereocenters. The first kappa shape index (κ1) is 31.8. The molecule has 0 spiro atoms. The Bertz CT molecular complexity index is 1250. The zero-order valence-corrected chi connectivity index (χ0v) is 26.2. The summed E-state index contributed by atoms with van der Waals surface area (Å²) in [4.78, 5) is 12.3. The standard InChI is InChI=1S/C33H48F3NO4S/c1-5-21-18-24-27-15-14-25(32(27,4)19-28(38)30(24)31(3)17-7-6-8-26(21)31)20(2)9-16-29(39)37-42(40,41)23-12-10-22(11-13-23)33(34,35)36/h10-13,20-21,24-28,30,38H,5-9,14-19H2,1-4H3,(H,37,39)/t20-,21+,24?,25-,26+,27?,28+,30?,31+,32-/m1/s1. The van der Waals surface area contributed by atoms with Crippen molar-refractivity contribution >= 4 is 15.9 Å². The summed E-state index contributed by atoms with van der Waals surface area (Å²) in [6.45, 7) is 9.31. The van der Waals surface area contributed by atoms with Crippen LogP contribution in [0.2, 0.25) is 0 Å². The van der Waals surface area contributed by atoms with Gasteiger partial charge < -0.3 is 5.11 Å². The van der Waals surface area contributed by atoms with Gasteiger partial charge in [0.25, 0.3) is 10.0 Å². The number of halogens is 3. The van der Waals surface area contributed by atoms with Crippen molar-refractivity contribution in [3.63, 3.8) is 0 Å². The highest BCUT2D eigenvalue weighted by atomic mass is 32.2. The molecule has 5 nitrogen and oxygen atoms in total. The number of fused-ring (bicyclic) bond motifs is 5. The molecule has 0 radical (unpaired) electrons. The van der Waals surface area contributed by atoms with Crippen molar-refractivity contribution in [3.05, 3.63) is 29.8 Å². The second kappa shape index (κ2) is 11.4. The molecule has 9 heteroatoms. The van der Waals surface area contributed by atoms with Gasteiger partial charge in [-0.1, -0.05) is 47.0 Å². The third kappa shape index (κ3) is 5.54. The molecule has 0 aromatic heterocycles. The molecule has 236 valence electrons. The van der Waals surface area contributed by atoms with E-state index in [1.165, 1.54) is 38.5 Å². The molecule has 2 N–H and O–H groups in total. The van der Waals surface area contributed by atoms with Gasteiger partial charge in [0.15, 0.2) is 0 Å². The minimum atomic E-state index is -4.57. The molecule has 1 aromatic carbocycles. The molecule has 1 aromatic rings. The van der Waals surface area contributed by atoms with Crippen LogP contribution in [-0.4, -0.2) is 25.5 Å². The Morgan fingerprint density at radius 2 is 1.76 bits per heavy atom. The van der Waals surface area contributed by atoms with Gasteiger partial charge in [-0.05, 0) is 121 Å². The third-order valence-electron chi connectivity index (χ3n) is 12.5. The predicted octanol–water partition coefficient (Wildman–Crippen LogP) is 7.58. The van der Waals surface area contributed by atoms with Crippen LogP contribution in [0, 0.1) is 52.3 Å². The Hall–Kier alpha value is -1.61. The number of sulfonamides is 1. The van der Waals surface area contributed by atoms with Crippen LogP contribution in [0.15, 0.2) is 29.2 Å². The van der Waals surface area contributed by atoms with Crippen LogP contribution < -0.4 is 4.72 Å². The summed E-state index contributed by atoms with van der Waals surface area (Å²) in [5.41, 5.74) is -0.753. The van der Waals surface area contributed by atoms with Crippen LogP contribution in [0.5, 0.6) is 0 Å². The van der Waals surface area contributed by atoms with Gasteiger partial charge in [0.05, 0.1) is 16.6 Å². The summed E-state index contributed by atoms with van der Waals surface area (Å²) < 4.78 is 65.9. The van der Waals surface area contributed by atoms with Crippen molar-refractivity contribution in [2.45, 2.75) is 115 Å². The number of hydrogen-bond donors (Lipinski definition) is 2. The molecule has 4 aliphatic carbocycles. The zero-order chi connectivity index (χ0) is 30.7. The van der Waals surface area contributed by atoms with Gasteiger partial charge in [-0.15, -0.1) is 0 Å². The lowest BCUT2D eigenvalue weighted by atomic mass is 9.41. The lowest BCUT2D eigenvalue weighted by Gasteiger charge is -2.64. The maximum Gasteiger partial charge on any atom is 0.416 e. The normalized spacial score (nSPS) is 39.1. The summed E-state index contributed by atoms with van der Waals surface area (Å²) in [5, 5.41) is 11.8. The fourth-order valence-electron chi connectivity index (χ4n) is 10.8. The first-order valence-electron chi connectivity index (χ1n) is 16.0. The quantitative estimate of drug-likeness (QED) is 0.333. The molecule has 3 unspecified atom stereocenters. The summed E-state index contributed by atoms with van der Waals surface area (Å²) >= 11 is 0. The minimum Gasteiger partial charge on any atom is -0.393 e. The van der Waals surface area contributed by atoms with E-state index in [-0.39, 0.29) is 34.2 Å². The monoisotopic (exact) mass is 611 g/mol. The third-order valence-corrected chi connectivity index (χ3v) is 13.9. The van der Waals surface area contributed by atoms with E-state index in [1.807, 2.05) is 4.72 Å². The number of hydrogen-bond acceptors (Lipinski definition) is 4. The van der Waals surface area contributed by atoms with Crippen LogP contribution in [0.4, 0.5) is 13.2 Å². The second-order valence-electron chi connectivity index (χ2n) is 14.6. The number of alkyl halides is 3. The van der Waals surface area contributed by atoms with E-state index < -0.39 is 27.7 Å². The number of benzene rings is 1. The number of amides is 1. The van der Waals surface area contributed by atoms with E-state index in [9.17, 15) is 31.5 Å². The molecule has 4 aliphatic rings. The Balaban J connectivity index is 1.24. The molecule has 4 saturated carbocycles. The summed E-state index contributed by atoms with van der Waals surface area (Å²) in [6, 6.07) is 3.13. The highest BCUT2D eigenvalue weighted by molar-refractivity contribution is 7.90. The van der Waals surface area contributed by atoms with Crippen molar-refractivity contribution in [2.24, 2.45) is 52.3 Å². The average molecular weight is 612 g/mol. The Labute approximate surface area is 249 Å². The number of carbonyl (C=O) groups excluding carboxylic acids is 1. The number of aliphatic hydroxyl groups is 1. The Morgan fingerprint density at radius 1 is 1.07 bits per heavy atom. The fraction of sp³-hybridized carbons (Fsp3) is 0.788. The number of aliphatic hydroxyl groups excluding tert-OH is 1. The molecule has 5 rings (SSSR count). The topological polar surface area (TPSA) is 83.5 Å². The van der Waals surface area contributed by atoms with Gasteiger partial charge in [0.2, 0.25) is 5.91 Å². The van der Waals surface area contributed by atoms with Crippen molar-refractivity contribution in [3.8, 4) is 0 Å². The van der Waals surface area contributed by atoms with E-state index >= 15 is 0 Å². The number of rotatable bonds is 7. The number of nitrogens with one attached hydrogen (secondary N) is 1. The van der Waals surface area contributed by atoms with Gasteiger partial charge in [-0.25, -0.2) is 13.1 Å². The van der Waals surface area contributed by atoms with E-state index in [1.54, 1.807) is 0 Å². The molecule has 42 heavy (non-hydrogen) atoms. The average Bonchev–Trinajstić information content (AvgIpc) is 3.26. The Morgan fingerprint density at radius 3 is 2.40 bits per heavy atom. The first-order valence-corrected chi connectivity index (χ1v) is 17.5. The maximum absolute atomic E-state index is 12.8. The van der Waals surface area contributed by atoms with E-state index in [2.05, 4.69) is 27.7 Å². The predicted molar refractivity (Wildman–Crippen MR) is 156 cm³/mol. The second-order valence-corrected chi connectivity index (χ2v) is 16.3. The minimum absolute atomic E-state index is 0.0149. The Kier molecular flexibility index (Phi) is 8.63. The van der Waals surface area contributed by atoms with Crippen LogP contribution in [0.1, 0.15) is 104 Å². The molecular weight excluding hydrogens is 563 g/mol. The lowest BCUT2D eigenvalue weighted by molar-refractivity contribution is -0.187. The van der Waals surface area contributed by atoms with Crippen molar-refractivity contribution < 1.29 is 31.5 Å². The smallest absolute Gasteiger partial charge is 0.393 e. The molecule has 0 saturated heterocycles. The van der Waals surface area contributed by atoms with Crippen LogP contribution in [-0.2, 0) is 21.0 Å². The largest absolute Gasteiger partial charge is 0.416 e. The highest BCUT2D eigenvalue weighted by Gasteiger charge is 2.64. The molecule has 4 fully saturated rings. The van der Waals surface area contributed by atoms with Crippen LogP contribution in [0.25, 0.3) is 0 Å². The van der Waals surface area contributed by atoms with Crippen LogP contribution >= 0.6 is 0 Å². The fourth-order valence-corrected chi connectivity index (χ4v) is 11.8. The van der Waals surface area contributed by atoms with Crippen molar-refractivity contribution in [2.75, 3.05) is 0 Å². The van der Waals surface area contributed by atoms with E-state index in [4.69, 9.17) is 0 Å². The molecule has 0 bridgehead atoms. The summed E-state index contributed by atoms with van der Waals surface area (Å²) in [6.07, 6.45) is 6.14. The molecule has 0 aliphatic heterocycles. The van der Waals surface area contributed by atoms with Gasteiger partial charge in [0.1, 0.15) is 0 Å². The summed E-state index contributed by atoms with van der Waals surface area (Å²) in [5.74, 6) is 2.74. The van der Waals surface area contributed by atoms with Gasteiger partial charge in [0, 0.05) is 6.42 Å². The zero-order valence-electron chi connectivity index (χ0n) is 25.4. The highest BCUT2D eigenvalue weighted by Crippen LogP contribution is 2.69. The van der Waals surface area contributed by atoms with E-state index in [0.717, 1.165) is 37.3 Å². The van der Waals surface area contributed by atoms with Crippen LogP contribution in [0.3, 0.4) is 0 Å². The van der Waals surface area contributed by atoms with Crippen molar-refractivity contribution in [1.82, 2.24) is 4.72 Å². The van der Waals surface area contributed by atoms with Gasteiger partial charge >= 0.3 is 6.18 Å². The van der Waals surface area contributed by atoms with E-state index in [0.29, 0.717) is 48.1 Å². The molecule has 0 heterocycles. The van der Waals surface area contributed by atoms with Gasteiger partial charge in [-0.2, -0.15) is 13.2 Å². The molecular formula is C33H48F3NO4S.